The van der Waals surface area contributed by atoms with Gasteiger partial charge in [-0.15, -0.1) is 0 Å². The first-order valence-electron chi connectivity index (χ1n) is 8.55. The summed E-state index contributed by atoms with van der Waals surface area (Å²) in [5.74, 6) is 0.0874. The number of hydrogen-bond acceptors (Lipinski definition) is 8. The number of hydrogen-bond donors (Lipinski definition) is 5. The second-order valence-corrected chi connectivity index (χ2v) is 6.90. The maximum Gasteiger partial charge on any atom is 0.327 e. The van der Waals surface area contributed by atoms with Gasteiger partial charge in [0.25, 0.3) is 5.56 Å². The third-order valence-electron chi connectivity index (χ3n) is 5.19. The molecule has 5 N–H and O–H groups in total. The summed E-state index contributed by atoms with van der Waals surface area (Å²) >= 11 is 0. The summed E-state index contributed by atoms with van der Waals surface area (Å²) < 4.78 is 5.66. The number of allylic oxidation sites excluding steroid dienone is 2. The van der Waals surface area contributed by atoms with Gasteiger partial charge in [0.15, 0.2) is 11.9 Å². The molecule has 1 fully saturated rings. The van der Waals surface area contributed by atoms with Gasteiger partial charge in [0, 0.05) is 0 Å². The summed E-state index contributed by atoms with van der Waals surface area (Å²) in [5.41, 5.74) is 1.06. The molecule has 1 saturated heterocycles. The van der Waals surface area contributed by atoms with Crippen LogP contribution in [-0.4, -0.2) is 68.2 Å². The second kappa shape index (κ2) is 6.27. The van der Waals surface area contributed by atoms with Crippen LogP contribution >= 0.6 is 0 Å². The minimum absolute atomic E-state index is 0.0180. The third kappa shape index (κ3) is 2.69. The van der Waals surface area contributed by atoms with E-state index in [9.17, 15) is 24.9 Å². The molecule has 0 amide bonds. The minimum Gasteiger partial charge on any atom is -0.394 e. The summed E-state index contributed by atoms with van der Waals surface area (Å²) in [4.78, 5) is 34.7. The Bertz CT molecular complexity index is 990. The van der Waals surface area contributed by atoms with Crippen LogP contribution in [0.1, 0.15) is 13.8 Å². The second-order valence-electron chi connectivity index (χ2n) is 6.90. The molecule has 0 saturated carbocycles. The van der Waals surface area contributed by atoms with Crippen LogP contribution in [0.4, 0.5) is 11.5 Å². The Morgan fingerprint density at radius 3 is 2.59 bits per heavy atom. The number of anilines is 1. The zero-order valence-corrected chi connectivity index (χ0v) is 14.7. The third-order valence-corrected chi connectivity index (χ3v) is 5.19. The van der Waals surface area contributed by atoms with E-state index in [2.05, 4.69) is 15.0 Å². The first-order chi connectivity index (χ1) is 12.8. The van der Waals surface area contributed by atoms with E-state index in [1.807, 2.05) is 26.0 Å². The van der Waals surface area contributed by atoms with Gasteiger partial charge in [0.05, 0.1) is 18.4 Å². The summed E-state index contributed by atoms with van der Waals surface area (Å²) in [5, 5.41) is 30.0. The first kappa shape index (κ1) is 17.9. The van der Waals surface area contributed by atoms with Gasteiger partial charge in [0.2, 0.25) is 0 Å². The molecule has 0 aromatic carbocycles. The fourth-order valence-electron chi connectivity index (χ4n) is 3.62. The minimum atomic E-state index is -1.36. The lowest BCUT2D eigenvalue weighted by atomic mass is 9.92. The van der Waals surface area contributed by atoms with Crippen LogP contribution in [0.2, 0.25) is 0 Å². The van der Waals surface area contributed by atoms with Crippen molar-refractivity contribution in [2.24, 2.45) is 4.99 Å². The molecule has 0 radical (unpaired) electrons. The predicted octanol–water partition coefficient (Wildman–Crippen LogP) is -1.33. The Morgan fingerprint density at radius 2 is 1.93 bits per heavy atom. The summed E-state index contributed by atoms with van der Waals surface area (Å²) in [6, 6.07) is -0.525. The van der Waals surface area contributed by atoms with Gasteiger partial charge in [-0.3, -0.25) is 14.8 Å². The highest BCUT2D eigenvalue weighted by Gasteiger charge is 2.49. The molecule has 1 aromatic rings. The van der Waals surface area contributed by atoms with Gasteiger partial charge in [-0.05, 0) is 31.1 Å². The molecule has 3 aliphatic rings. The lowest BCUT2D eigenvalue weighted by Gasteiger charge is -2.41. The smallest absolute Gasteiger partial charge is 0.327 e. The number of aliphatic hydroxyl groups is 3. The number of aromatic nitrogens is 2. The van der Waals surface area contributed by atoms with Crippen LogP contribution in [-0.2, 0) is 4.74 Å². The molecule has 144 valence electrons. The molecule has 1 aliphatic carbocycles. The topological polar surface area (TPSA) is 151 Å². The van der Waals surface area contributed by atoms with Crippen molar-refractivity contribution in [3.63, 3.8) is 0 Å². The first-order valence-corrected chi connectivity index (χ1v) is 8.55. The molecular weight excluding hydrogens is 356 g/mol. The molecule has 0 bridgehead atoms. The Kier molecular flexibility index (Phi) is 4.15. The summed E-state index contributed by atoms with van der Waals surface area (Å²) in [6.07, 6.45) is -1.06. The van der Waals surface area contributed by atoms with Crippen molar-refractivity contribution in [3.8, 4) is 0 Å². The van der Waals surface area contributed by atoms with Crippen molar-refractivity contribution in [2.75, 3.05) is 11.5 Å². The molecule has 27 heavy (non-hydrogen) atoms. The molecule has 3 heterocycles. The Balaban J connectivity index is 1.91. The van der Waals surface area contributed by atoms with Gasteiger partial charge < -0.3 is 25.0 Å². The fraction of sp³-hybridized carbons (Fsp3) is 0.471. The Hall–Kier alpha value is -2.53. The van der Waals surface area contributed by atoms with Crippen LogP contribution in [0, 0.1) is 0 Å². The largest absolute Gasteiger partial charge is 0.394 e. The van der Waals surface area contributed by atoms with Crippen LogP contribution in [0.3, 0.4) is 0 Å². The van der Waals surface area contributed by atoms with Crippen LogP contribution in [0.15, 0.2) is 37.9 Å². The highest BCUT2D eigenvalue weighted by molar-refractivity contribution is 6.08. The van der Waals surface area contributed by atoms with Crippen molar-refractivity contribution in [3.05, 3.63) is 44.1 Å². The summed E-state index contributed by atoms with van der Waals surface area (Å²) in [6.45, 7) is 3.34. The van der Waals surface area contributed by atoms with E-state index in [0.717, 1.165) is 11.1 Å². The predicted molar refractivity (Wildman–Crippen MR) is 96.3 cm³/mol. The summed E-state index contributed by atoms with van der Waals surface area (Å²) in [7, 11) is 0. The van der Waals surface area contributed by atoms with Crippen molar-refractivity contribution in [1.82, 2.24) is 9.97 Å². The normalized spacial score (nSPS) is 32.4. The molecule has 2 aliphatic heterocycles. The highest BCUT2D eigenvalue weighted by Crippen LogP contribution is 2.38. The molecular formula is C17H20N4O6. The molecule has 2 unspecified atom stereocenters. The maximum atomic E-state index is 12.3. The lowest BCUT2D eigenvalue weighted by Crippen LogP contribution is -2.54. The molecule has 5 atom stereocenters. The number of aliphatic imine (C=N–C) groups is 1. The van der Waals surface area contributed by atoms with E-state index in [-0.39, 0.29) is 11.5 Å². The van der Waals surface area contributed by atoms with E-state index < -0.39 is 48.4 Å². The van der Waals surface area contributed by atoms with Gasteiger partial charge in [-0.2, -0.15) is 0 Å². The van der Waals surface area contributed by atoms with Crippen LogP contribution < -0.4 is 16.1 Å². The number of aliphatic hydroxyl groups excluding tert-OH is 3. The van der Waals surface area contributed by atoms with E-state index in [4.69, 9.17) is 4.74 Å². The number of rotatable bonds is 2. The van der Waals surface area contributed by atoms with E-state index in [1.165, 1.54) is 4.90 Å². The van der Waals surface area contributed by atoms with Crippen molar-refractivity contribution in [2.45, 2.75) is 44.4 Å². The van der Waals surface area contributed by atoms with Gasteiger partial charge in [-0.1, -0.05) is 6.08 Å². The van der Waals surface area contributed by atoms with E-state index in [0.29, 0.717) is 5.71 Å². The zero-order chi connectivity index (χ0) is 19.5. The van der Waals surface area contributed by atoms with Crippen molar-refractivity contribution in [1.29, 1.82) is 0 Å². The number of nitrogens with zero attached hydrogens (tertiary/aromatic N) is 2. The SMILES string of the molecule is CC1=CC2=Nc3c([nH]c(=O)[nH]c3=O)N(C3O[C@H](CO)[C@@H](O)[C@H]3O)C2C=C1C. The number of aromatic amines is 2. The van der Waals surface area contributed by atoms with E-state index in [1.54, 1.807) is 0 Å². The monoisotopic (exact) mass is 376 g/mol. The standard InChI is InChI=1S/C17H20N4O6/c1-6-3-8-9(4-7(6)2)21(16-13(24)12(23)10(5-22)27-16)14-11(18-8)15(25)20-17(26)19-14/h3-4,9-10,12-13,16,22-24H,5H2,1-2H3,(H2,19,20,25,26)/t9?,10-,12-,13-,16?/m1/s1. The van der Waals surface area contributed by atoms with Crippen LogP contribution in [0.5, 0.6) is 0 Å². The van der Waals surface area contributed by atoms with Gasteiger partial charge in [-0.25, -0.2) is 9.79 Å². The maximum absolute atomic E-state index is 12.3. The molecule has 0 spiro atoms. The molecule has 1 aromatic heterocycles. The highest BCUT2D eigenvalue weighted by atomic mass is 16.6. The lowest BCUT2D eigenvalue weighted by molar-refractivity contribution is -0.0230. The number of H-pyrrole nitrogens is 2. The quantitative estimate of drug-likeness (QED) is 0.429. The Labute approximate surface area is 153 Å². The average Bonchev–Trinajstić information content (AvgIpc) is 2.90. The van der Waals surface area contributed by atoms with Gasteiger partial charge >= 0.3 is 5.69 Å². The number of nitrogens with one attached hydrogen (secondary N) is 2. The fourth-order valence-corrected chi connectivity index (χ4v) is 3.62. The van der Waals surface area contributed by atoms with Gasteiger partial charge in [0.1, 0.15) is 24.1 Å². The van der Waals surface area contributed by atoms with Crippen molar-refractivity contribution < 1.29 is 20.1 Å². The zero-order valence-electron chi connectivity index (χ0n) is 14.7. The molecule has 10 heteroatoms. The van der Waals surface area contributed by atoms with Crippen LogP contribution in [0.25, 0.3) is 0 Å². The Morgan fingerprint density at radius 1 is 1.19 bits per heavy atom. The number of ether oxygens (including phenoxy) is 1. The molecule has 10 nitrogen and oxygen atoms in total. The van der Waals surface area contributed by atoms with E-state index >= 15 is 0 Å². The number of fused-ring (bicyclic) bond motifs is 2. The van der Waals surface area contributed by atoms with Crippen molar-refractivity contribution >= 4 is 17.2 Å². The average molecular weight is 376 g/mol. The molecule has 4 rings (SSSR count).